The van der Waals surface area contributed by atoms with Crippen LogP contribution < -0.4 is 16.6 Å². The summed E-state index contributed by atoms with van der Waals surface area (Å²) in [7, 11) is 0. The molecule has 174 valence electrons. The van der Waals surface area contributed by atoms with Crippen molar-refractivity contribution in [2.24, 2.45) is 0 Å². The largest absolute Gasteiger partial charge is 0.387 e. The maximum absolute atomic E-state index is 12.7. The van der Waals surface area contributed by atoms with Crippen molar-refractivity contribution in [1.29, 1.82) is 0 Å². The molecule has 1 atom stereocenters. The molecule has 0 radical (unpaired) electrons. The summed E-state index contributed by atoms with van der Waals surface area (Å²) in [5.74, 6) is 0.760. The number of rotatable bonds is 10. The summed E-state index contributed by atoms with van der Waals surface area (Å²) in [6.07, 6.45) is 0.278. The van der Waals surface area contributed by atoms with Crippen LogP contribution in [0.15, 0.2) is 101 Å². The van der Waals surface area contributed by atoms with E-state index >= 15 is 0 Å². The standard InChI is InChI=1S/C27H28N4O2S/c28-27-30-22(19-34-24-9-5-2-6-10-24)17-26(33)31(27)23-13-11-20(12-14-23)15-16-29-18-25(32)21-7-3-1-4-8-21/h1-14,17,25,29,32H,15-16,18-19H2,(H2,28,30)/t25-/m0/s1. The van der Waals surface area contributed by atoms with E-state index < -0.39 is 6.10 Å². The summed E-state index contributed by atoms with van der Waals surface area (Å²) in [6, 6.07) is 28.9. The van der Waals surface area contributed by atoms with E-state index in [1.54, 1.807) is 17.8 Å². The molecule has 0 unspecified atom stereocenters. The van der Waals surface area contributed by atoms with E-state index in [0.717, 1.165) is 29.0 Å². The minimum atomic E-state index is -0.528. The van der Waals surface area contributed by atoms with Crippen LogP contribution in [0.5, 0.6) is 0 Å². The van der Waals surface area contributed by atoms with E-state index in [2.05, 4.69) is 10.3 Å². The first kappa shape index (κ1) is 23.8. The van der Waals surface area contributed by atoms with Crippen molar-refractivity contribution in [3.63, 3.8) is 0 Å². The molecule has 0 amide bonds. The molecule has 0 saturated heterocycles. The Bertz CT molecular complexity index is 1250. The lowest BCUT2D eigenvalue weighted by atomic mass is 10.1. The van der Waals surface area contributed by atoms with Gasteiger partial charge in [-0.05, 0) is 48.4 Å². The lowest BCUT2D eigenvalue weighted by Gasteiger charge is -2.13. The van der Waals surface area contributed by atoms with Crippen molar-refractivity contribution < 1.29 is 5.11 Å². The van der Waals surface area contributed by atoms with Crippen molar-refractivity contribution in [3.8, 4) is 5.69 Å². The van der Waals surface area contributed by atoms with Crippen molar-refractivity contribution in [2.45, 2.75) is 23.2 Å². The van der Waals surface area contributed by atoms with Crippen LogP contribution in [0, 0.1) is 0 Å². The molecule has 0 aliphatic heterocycles. The number of benzene rings is 3. The number of hydrogen-bond donors (Lipinski definition) is 3. The van der Waals surface area contributed by atoms with E-state index in [0.29, 0.717) is 23.7 Å². The molecule has 0 aliphatic rings. The van der Waals surface area contributed by atoms with Gasteiger partial charge in [0.05, 0.1) is 17.5 Å². The minimum Gasteiger partial charge on any atom is -0.387 e. The zero-order valence-electron chi connectivity index (χ0n) is 18.8. The molecule has 7 heteroatoms. The number of aliphatic hydroxyl groups excluding tert-OH is 1. The second-order valence-corrected chi connectivity index (χ2v) is 8.98. The van der Waals surface area contributed by atoms with Gasteiger partial charge < -0.3 is 16.2 Å². The van der Waals surface area contributed by atoms with E-state index in [9.17, 15) is 9.90 Å². The zero-order valence-corrected chi connectivity index (χ0v) is 19.6. The number of nitrogens with two attached hydrogens (primary N) is 1. The highest BCUT2D eigenvalue weighted by atomic mass is 32.2. The first-order valence-electron chi connectivity index (χ1n) is 11.2. The Kier molecular flexibility index (Phi) is 8.14. The molecule has 0 aliphatic carbocycles. The number of hydrogen-bond acceptors (Lipinski definition) is 6. The Morgan fingerprint density at radius 3 is 2.32 bits per heavy atom. The number of nitrogens with one attached hydrogen (secondary N) is 1. The summed E-state index contributed by atoms with van der Waals surface area (Å²) in [4.78, 5) is 18.3. The van der Waals surface area contributed by atoms with E-state index in [-0.39, 0.29) is 11.5 Å². The zero-order chi connectivity index (χ0) is 23.8. The fourth-order valence-corrected chi connectivity index (χ4v) is 4.45. The average Bonchev–Trinajstić information content (AvgIpc) is 2.87. The quantitative estimate of drug-likeness (QED) is 0.239. The Morgan fingerprint density at radius 1 is 0.971 bits per heavy atom. The molecule has 34 heavy (non-hydrogen) atoms. The molecule has 0 bridgehead atoms. The maximum atomic E-state index is 12.7. The fraction of sp³-hybridized carbons (Fsp3) is 0.185. The third kappa shape index (κ3) is 6.35. The monoisotopic (exact) mass is 472 g/mol. The number of anilines is 1. The molecule has 4 rings (SSSR count). The van der Waals surface area contributed by atoms with E-state index in [4.69, 9.17) is 5.73 Å². The molecule has 6 nitrogen and oxygen atoms in total. The van der Waals surface area contributed by atoms with Crippen LogP contribution in [0.25, 0.3) is 5.69 Å². The summed E-state index contributed by atoms with van der Waals surface area (Å²) in [5, 5.41) is 13.5. The van der Waals surface area contributed by atoms with Crippen molar-refractivity contribution in [1.82, 2.24) is 14.9 Å². The Hall–Kier alpha value is -3.39. The SMILES string of the molecule is Nc1nc(CSc2ccccc2)cc(=O)n1-c1ccc(CCNC[C@H](O)c2ccccc2)cc1. The summed E-state index contributed by atoms with van der Waals surface area (Å²) in [6.45, 7) is 1.23. The predicted molar refractivity (Wildman–Crippen MR) is 138 cm³/mol. The van der Waals surface area contributed by atoms with Gasteiger partial charge in [-0.2, -0.15) is 0 Å². The summed E-state index contributed by atoms with van der Waals surface area (Å²) >= 11 is 1.62. The number of aliphatic hydroxyl groups is 1. The molecular formula is C27H28N4O2S. The summed E-state index contributed by atoms with van der Waals surface area (Å²) in [5.41, 5.74) is 9.33. The van der Waals surface area contributed by atoms with Crippen LogP contribution in [0.4, 0.5) is 5.95 Å². The Labute approximate surface area is 203 Å². The average molecular weight is 473 g/mol. The highest BCUT2D eigenvalue weighted by Crippen LogP contribution is 2.21. The van der Waals surface area contributed by atoms with Crippen molar-refractivity contribution >= 4 is 17.7 Å². The van der Waals surface area contributed by atoms with Crippen LogP contribution in [-0.4, -0.2) is 27.7 Å². The number of nitrogens with zero attached hydrogens (tertiary/aromatic N) is 2. The lowest BCUT2D eigenvalue weighted by Crippen LogP contribution is -2.24. The number of nitrogen functional groups attached to an aromatic ring is 1. The third-order valence-electron chi connectivity index (χ3n) is 5.43. The second-order valence-electron chi connectivity index (χ2n) is 7.93. The molecule has 1 aromatic heterocycles. The van der Waals surface area contributed by atoms with Gasteiger partial charge in [-0.25, -0.2) is 9.55 Å². The van der Waals surface area contributed by atoms with Gasteiger partial charge in [0.25, 0.3) is 5.56 Å². The first-order valence-corrected chi connectivity index (χ1v) is 12.2. The number of aromatic nitrogens is 2. The minimum absolute atomic E-state index is 0.181. The molecule has 4 N–H and O–H groups in total. The smallest absolute Gasteiger partial charge is 0.259 e. The van der Waals surface area contributed by atoms with Crippen LogP contribution in [0.1, 0.15) is 22.9 Å². The van der Waals surface area contributed by atoms with Gasteiger partial charge in [0.15, 0.2) is 0 Å². The Morgan fingerprint density at radius 2 is 1.65 bits per heavy atom. The summed E-state index contributed by atoms with van der Waals surface area (Å²) < 4.78 is 1.43. The lowest BCUT2D eigenvalue weighted by molar-refractivity contribution is 0.175. The van der Waals surface area contributed by atoms with Gasteiger partial charge in [0, 0.05) is 23.3 Å². The van der Waals surface area contributed by atoms with Crippen LogP contribution in [-0.2, 0) is 12.2 Å². The molecule has 0 spiro atoms. The molecule has 0 saturated carbocycles. The van der Waals surface area contributed by atoms with E-state index in [1.165, 1.54) is 4.57 Å². The van der Waals surface area contributed by atoms with Crippen LogP contribution in [0.3, 0.4) is 0 Å². The highest BCUT2D eigenvalue weighted by Gasteiger charge is 2.09. The molecule has 0 fully saturated rings. The molecule has 4 aromatic rings. The van der Waals surface area contributed by atoms with Gasteiger partial charge in [0.2, 0.25) is 5.95 Å². The molecule has 1 heterocycles. The second kappa shape index (κ2) is 11.7. The highest BCUT2D eigenvalue weighted by molar-refractivity contribution is 7.98. The van der Waals surface area contributed by atoms with Gasteiger partial charge in [-0.15, -0.1) is 11.8 Å². The molecule has 3 aromatic carbocycles. The van der Waals surface area contributed by atoms with Gasteiger partial charge in [-0.1, -0.05) is 60.7 Å². The van der Waals surface area contributed by atoms with Crippen molar-refractivity contribution in [2.75, 3.05) is 18.8 Å². The normalized spacial score (nSPS) is 11.9. The van der Waals surface area contributed by atoms with Gasteiger partial charge >= 0.3 is 0 Å². The maximum Gasteiger partial charge on any atom is 0.259 e. The van der Waals surface area contributed by atoms with E-state index in [1.807, 2.05) is 84.9 Å². The van der Waals surface area contributed by atoms with Gasteiger partial charge in [-0.3, -0.25) is 4.79 Å². The van der Waals surface area contributed by atoms with Crippen molar-refractivity contribution in [3.05, 3.63) is 118 Å². The molecular weight excluding hydrogens is 444 g/mol. The van der Waals surface area contributed by atoms with Gasteiger partial charge in [0.1, 0.15) is 0 Å². The van der Waals surface area contributed by atoms with Crippen LogP contribution in [0.2, 0.25) is 0 Å². The number of thioether (sulfide) groups is 1. The third-order valence-corrected chi connectivity index (χ3v) is 6.48. The first-order chi connectivity index (χ1) is 16.6. The predicted octanol–water partition coefficient (Wildman–Crippen LogP) is 3.97. The van der Waals surface area contributed by atoms with Crippen LogP contribution >= 0.6 is 11.8 Å². The fourth-order valence-electron chi connectivity index (χ4n) is 3.63. The Balaban J connectivity index is 1.32. The topological polar surface area (TPSA) is 93.2 Å².